The van der Waals surface area contributed by atoms with E-state index in [4.69, 9.17) is 16.3 Å². The van der Waals surface area contributed by atoms with E-state index < -0.39 is 0 Å². The predicted molar refractivity (Wildman–Crippen MR) is 72.1 cm³/mol. The predicted octanol–water partition coefficient (Wildman–Crippen LogP) is 3.34. The van der Waals surface area contributed by atoms with E-state index in [9.17, 15) is 4.79 Å². The number of aldehydes is 1. The lowest BCUT2D eigenvalue weighted by molar-refractivity contribution is 0.112. The Morgan fingerprint density at radius 2 is 2.16 bits per heavy atom. The number of carbonyl (C=O) groups excluding carboxylic acids is 1. The van der Waals surface area contributed by atoms with Gasteiger partial charge in [0.05, 0.1) is 5.52 Å². The first-order valence-corrected chi connectivity index (χ1v) is 6.46. The second kappa shape index (κ2) is 4.91. The Bertz CT molecular complexity index is 760. The average molecular weight is 292 g/mol. The second-order valence-corrected chi connectivity index (χ2v) is 5.00. The SMILES string of the molecule is O=Cc1nnc(Oc2ccnc3cc(Cl)ccc23)s1. The zero-order valence-electron chi connectivity index (χ0n) is 9.41. The van der Waals surface area contributed by atoms with Crippen LogP contribution < -0.4 is 4.74 Å². The molecule has 2 aromatic heterocycles. The third kappa shape index (κ3) is 2.40. The minimum Gasteiger partial charge on any atom is -0.429 e. The van der Waals surface area contributed by atoms with Crippen molar-refractivity contribution < 1.29 is 9.53 Å². The molecule has 0 aliphatic heterocycles. The number of fused-ring (bicyclic) bond motifs is 1. The molecular formula is C12H6ClN3O2S. The van der Waals surface area contributed by atoms with Crippen LogP contribution in [0.2, 0.25) is 5.02 Å². The van der Waals surface area contributed by atoms with E-state index in [2.05, 4.69) is 15.2 Å². The number of rotatable bonds is 3. The third-order valence-electron chi connectivity index (χ3n) is 2.38. The van der Waals surface area contributed by atoms with Crippen LogP contribution in [0.15, 0.2) is 30.5 Å². The molecule has 0 spiro atoms. The van der Waals surface area contributed by atoms with Gasteiger partial charge in [0.25, 0.3) is 5.19 Å². The van der Waals surface area contributed by atoms with Crippen molar-refractivity contribution in [3.05, 3.63) is 40.5 Å². The van der Waals surface area contributed by atoms with Crippen LogP contribution in [0.25, 0.3) is 10.9 Å². The molecule has 0 atom stereocenters. The number of halogens is 1. The molecule has 0 bridgehead atoms. The van der Waals surface area contributed by atoms with Gasteiger partial charge in [-0.3, -0.25) is 9.78 Å². The van der Waals surface area contributed by atoms with Crippen molar-refractivity contribution in [3.8, 4) is 10.9 Å². The molecule has 0 saturated heterocycles. The Balaban J connectivity index is 2.02. The number of nitrogens with zero attached hydrogens (tertiary/aromatic N) is 3. The second-order valence-electron chi connectivity index (χ2n) is 3.60. The minimum atomic E-state index is 0.274. The van der Waals surface area contributed by atoms with Crippen molar-refractivity contribution >= 4 is 40.1 Å². The molecule has 0 saturated carbocycles. The molecule has 94 valence electrons. The van der Waals surface area contributed by atoms with Crippen molar-refractivity contribution in [3.63, 3.8) is 0 Å². The number of pyridine rings is 1. The van der Waals surface area contributed by atoms with Crippen molar-refractivity contribution in [1.82, 2.24) is 15.2 Å². The largest absolute Gasteiger partial charge is 0.429 e. The molecule has 0 aliphatic carbocycles. The summed E-state index contributed by atoms with van der Waals surface area (Å²) in [5, 5.41) is 9.45. The van der Waals surface area contributed by atoms with Gasteiger partial charge in [0.1, 0.15) is 5.75 Å². The smallest absolute Gasteiger partial charge is 0.299 e. The Morgan fingerprint density at radius 3 is 2.95 bits per heavy atom. The Labute approximate surface area is 116 Å². The highest BCUT2D eigenvalue weighted by Crippen LogP contribution is 2.31. The molecular weight excluding hydrogens is 286 g/mol. The van der Waals surface area contributed by atoms with Gasteiger partial charge >= 0.3 is 0 Å². The average Bonchev–Trinajstić information content (AvgIpc) is 2.86. The summed E-state index contributed by atoms with van der Waals surface area (Å²) in [5.41, 5.74) is 0.727. The van der Waals surface area contributed by atoms with E-state index in [0.29, 0.717) is 22.3 Å². The fraction of sp³-hybridized carbons (Fsp3) is 0. The van der Waals surface area contributed by atoms with Gasteiger partial charge in [-0.1, -0.05) is 28.0 Å². The van der Waals surface area contributed by atoms with Gasteiger partial charge in [0.2, 0.25) is 0 Å². The van der Waals surface area contributed by atoms with Crippen LogP contribution >= 0.6 is 22.9 Å². The minimum absolute atomic E-state index is 0.274. The third-order valence-corrected chi connectivity index (χ3v) is 3.35. The van der Waals surface area contributed by atoms with Crippen LogP contribution in [-0.4, -0.2) is 21.5 Å². The number of hydrogen-bond acceptors (Lipinski definition) is 6. The monoisotopic (exact) mass is 291 g/mol. The molecule has 3 rings (SSSR count). The summed E-state index contributed by atoms with van der Waals surface area (Å²) in [6, 6.07) is 7.05. The summed E-state index contributed by atoms with van der Waals surface area (Å²) < 4.78 is 5.62. The number of carbonyl (C=O) groups is 1. The van der Waals surface area contributed by atoms with Crippen molar-refractivity contribution in [1.29, 1.82) is 0 Å². The van der Waals surface area contributed by atoms with Crippen molar-refractivity contribution in [2.45, 2.75) is 0 Å². The van der Waals surface area contributed by atoms with Gasteiger partial charge in [-0.25, -0.2) is 0 Å². The van der Waals surface area contributed by atoms with Crippen molar-refractivity contribution in [2.24, 2.45) is 0 Å². The van der Waals surface area contributed by atoms with Gasteiger partial charge in [0, 0.05) is 16.6 Å². The lowest BCUT2D eigenvalue weighted by Gasteiger charge is -2.05. The van der Waals surface area contributed by atoms with E-state index in [1.165, 1.54) is 0 Å². The molecule has 0 fully saturated rings. The van der Waals surface area contributed by atoms with Gasteiger partial charge in [0.15, 0.2) is 11.3 Å². The molecule has 3 aromatic rings. The maximum absolute atomic E-state index is 10.5. The summed E-state index contributed by atoms with van der Waals surface area (Å²) in [6.45, 7) is 0. The molecule has 0 N–H and O–H groups in total. The maximum atomic E-state index is 10.5. The molecule has 5 nitrogen and oxygen atoms in total. The quantitative estimate of drug-likeness (QED) is 0.692. The standard InChI is InChI=1S/C12H6ClN3O2S/c13-7-1-2-8-9(5-7)14-4-3-10(8)18-12-16-15-11(6-17)19-12/h1-6H. The van der Waals surface area contributed by atoms with Crippen LogP contribution in [0.4, 0.5) is 0 Å². The fourth-order valence-electron chi connectivity index (χ4n) is 1.59. The normalized spacial score (nSPS) is 10.6. The molecule has 0 unspecified atom stereocenters. The van der Waals surface area contributed by atoms with Crippen LogP contribution in [0.3, 0.4) is 0 Å². The van der Waals surface area contributed by atoms with Crippen LogP contribution in [-0.2, 0) is 0 Å². The van der Waals surface area contributed by atoms with Crippen LogP contribution in [0.1, 0.15) is 9.80 Å². The first-order chi connectivity index (χ1) is 9.26. The lowest BCUT2D eigenvalue weighted by Crippen LogP contribution is -1.87. The molecule has 1 aromatic carbocycles. The van der Waals surface area contributed by atoms with Gasteiger partial charge in [-0.15, -0.1) is 5.10 Å². The van der Waals surface area contributed by atoms with E-state index in [0.717, 1.165) is 22.2 Å². The van der Waals surface area contributed by atoms with Crippen LogP contribution in [0.5, 0.6) is 10.9 Å². The zero-order chi connectivity index (χ0) is 13.2. The summed E-state index contributed by atoms with van der Waals surface area (Å²) >= 11 is 6.99. The summed E-state index contributed by atoms with van der Waals surface area (Å²) in [5.74, 6) is 0.593. The molecule has 0 radical (unpaired) electrons. The molecule has 7 heteroatoms. The zero-order valence-corrected chi connectivity index (χ0v) is 11.0. The molecule has 19 heavy (non-hydrogen) atoms. The fourth-order valence-corrected chi connectivity index (χ4v) is 2.28. The Hall–Kier alpha value is -2.05. The van der Waals surface area contributed by atoms with E-state index in [1.807, 2.05) is 6.07 Å². The first kappa shape index (κ1) is 12.0. The number of aromatic nitrogens is 3. The van der Waals surface area contributed by atoms with Gasteiger partial charge < -0.3 is 4.74 Å². The van der Waals surface area contributed by atoms with E-state index >= 15 is 0 Å². The molecule has 0 amide bonds. The summed E-state index contributed by atoms with van der Waals surface area (Å²) in [6.07, 6.45) is 2.25. The Kier molecular flexibility index (Phi) is 3.10. The topological polar surface area (TPSA) is 65.0 Å². The maximum Gasteiger partial charge on any atom is 0.299 e. The summed E-state index contributed by atoms with van der Waals surface area (Å²) in [4.78, 5) is 14.8. The molecule has 2 heterocycles. The summed E-state index contributed by atoms with van der Waals surface area (Å²) in [7, 11) is 0. The molecule has 0 aliphatic rings. The van der Waals surface area contributed by atoms with E-state index in [-0.39, 0.29) is 5.01 Å². The number of benzene rings is 1. The van der Waals surface area contributed by atoms with E-state index in [1.54, 1.807) is 24.4 Å². The lowest BCUT2D eigenvalue weighted by atomic mass is 10.2. The van der Waals surface area contributed by atoms with Crippen LogP contribution in [0, 0.1) is 0 Å². The van der Waals surface area contributed by atoms with Gasteiger partial charge in [-0.2, -0.15) is 0 Å². The van der Waals surface area contributed by atoms with Gasteiger partial charge in [-0.05, 0) is 24.3 Å². The Morgan fingerprint density at radius 1 is 1.26 bits per heavy atom. The highest BCUT2D eigenvalue weighted by Gasteiger charge is 2.09. The highest BCUT2D eigenvalue weighted by molar-refractivity contribution is 7.14. The highest BCUT2D eigenvalue weighted by atomic mass is 35.5. The van der Waals surface area contributed by atoms with Crippen molar-refractivity contribution in [2.75, 3.05) is 0 Å². The number of ether oxygens (including phenoxy) is 1. The number of hydrogen-bond donors (Lipinski definition) is 0. The first-order valence-electron chi connectivity index (χ1n) is 5.27.